The maximum absolute atomic E-state index is 9.78. The number of aromatic nitrogens is 1. The van der Waals surface area contributed by atoms with Gasteiger partial charge in [-0.25, -0.2) is 0 Å². The Morgan fingerprint density at radius 3 is 2.12 bits per heavy atom. The minimum absolute atomic E-state index is 0.148. The highest BCUT2D eigenvalue weighted by molar-refractivity contribution is 5.78. The second kappa shape index (κ2) is 7.18. The quantitative estimate of drug-likeness (QED) is 0.726. The Bertz CT molecular complexity index is 802. The lowest BCUT2D eigenvalue weighted by Gasteiger charge is -2.20. The van der Waals surface area contributed by atoms with Crippen molar-refractivity contribution in [2.24, 2.45) is 5.92 Å². The summed E-state index contributed by atoms with van der Waals surface area (Å²) in [7, 11) is 0. The number of fused-ring (bicyclic) bond motifs is 3. The van der Waals surface area contributed by atoms with Crippen LogP contribution in [0.15, 0.2) is 72.9 Å². The summed E-state index contributed by atoms with van der Waals surface area (Å²) in [5, 5.41) is 13.5. The molecule has 0 saturated heterocycles. The highest BCUT2D eigenvalue weighted by atomic mass is 16.3. The molecule has 1 heterocycles. The van der Waals surface area contributed by atoms with Gasteiger partial charge in [-0.05, 0) is 46.7 Å². The molecule has 0 spiro atoms. The van der Waals surface area contributed by atoms with Crippen LogP contribution in [0.25, 0.3) is 11.1 Å². The lowest BCUT2D eigenvalue weighted by atomic mass is 10.0. The first-order valence-corrected chi connectivity index (χ1v) is 8.79. The molecule has 1 aromatic heterocycles. The summed E-state index contributed by atoms with van der Waals surface area (Å²) in [5.74, 6) is 0.148. The predicted octanol–water partition coefficient (Wildman–Crippen LogP) is 3.59. The lowest BCUT2D eigenvalue weighted by molar-refractivity contribution is 0.219. The van der Waals surface area contributed by atoms with Crippen LogP contribution < -0.4 is 5.32 Å². The molecule has 2 aromatic carbocycles. The normalized spacial score (nSPS) is 14.1. The van der Waals surface area contributed by atoms with E-state index in [4.69, 9.17) is 0 Å². The molecule has 0 radical (unpaired) electrons. The van der Waals surface area contributed by atoms with E-state index in [2.05, 4.69) is 58.8 Å². The summed E-state index contributed by atoms with van der Waals surface area (Å²) in [6.07, 6.45) is 2.58. The van der Waals surface area contributed by atoms with Crippen molar-refractivity contribution in [3.05, 3.63) is 89.7 Å². The van der Waals surface area contributed by atoms with Crippen molar-refractivity contribution in [2.75, 3.05) is 13.2 Å². The fourth-order valence-electron chi connectivity index (χ4n) is 3.68. The van der Waals surface area contributed by atoms with Gasteiger partial charge in [0.05, 0.1) is 6.04 Å². The molecule has 25 heavy (non-hydrogen) atoms. The van der Waals surface area contributed by atoms with Crippen LogP contribution in [0.2, 0.25) is 0 Å². The minimum Gasteiger partial charge on any atom is -0.396 e. The molecule has 0 amide bonds. The second-order valence-electron chi connectivity index (χ2n) is 6.59. The van der Waals surface area contributed by atoms with E-state index in [-0.39, 0.29) is 18.6 Å². The SMILES string of the molecule is OCC(CNC1c2ccccc2-c2ccccc21)Cc1ccccn1. The van der Waals surface area contributed by atoms with Crippen molar-refractivity contribution < 1.29 is 5.11 Å². The van der Waals surface area contributed by atoms with Crippen LogP contribution in [0, 0.1) is 5.92 Å². The van der Waals surface area contributed by atoms with Crippen molar-refractivity contribution >= 4 is 0 Å². The molecule has 3 aromatic rings. The standard InChI is InChI=1S/C22H22N2O/c25-15-16(13-17-7-5-6-12-23-17)14-24-22-20-10-3-1-8-18(20)19-9-2-4-11-21(19)22/h1-12,16,22,24-25H,13-15H2. The van der Waals surface area contributed by atoms with Gasteiger partial charge in [0.15, 0.2) is 0 Å². The zero-order valence-electron chi connectivity index (χ0n) is 14.1. The fraction of sp³-hybridized carbons (Fsp3) is 0.227. The average molecular weight is 330 g/mol. The maximum Gasteiger partial charge on any atom is 0.0589 e. The fourth-order valence-corrected chi connectivity index (χ4v) is 3.68. The minimum atomic E-state index is 0.148. The number of rotatable bonds is 6. The Labute approximate surface area is 148 Å². The molecule has 1 atom stereocenters. The number of hydrogen-bond donors (Lipinski definition) is 2. The van der Waals surface area contributed by atoms with Gasteiger partial charge < -0.3 is 10.4 Å². The first kappa shape index (κ1) is 16.0. The van der Waals surface area contributed by atoms with Gasteiger partial charge in [0.1, 0.15) is 0 Å². The van der Waals surface area contributed by atoms with Gasteiger partial charge in [-0.2, -0.15) is 0 Å². The summed E-state index contributed by atoms with van der Waals surface area (Å²) in [4.78, 5) is 4.38. The third kappa shape index (κ3) is 3.21. The summed E-state index contributed by atoms with van der Waals surface area (Å²) in [6.45, 7) is 0.903. The third-order valence-electron chi connectivity index (χ3n) is 4.93. The van der Waals surface area contributed by atoms with Crippen LogP contribution in [0.1, 0.15) is 22.9 Å². The third-order valence-corrected chi connectivity index (χ3v) is 4.93. The van der Waals surface area contributed by atoms with Crippen molar-refractivity contribution in [2.45, 2.75) is 12.5 Å². The predicted molar refractivity (Wildman–Crippen MR) is 100 cm³/mol. The summed E-state index contributed by atoms with van der Waals surface area (Å²) in [6, 6.07) is 23.3. The molecule has 0 fully saturated rings. The Hall–Kier alpha value is -2.49. The molecule has 126 valence electrons. The van der Waals surface area contributed by atoms with E-state index < -0.39 is 0 Å². The summed E-state index contributed by atoms with van der Waals surface area (Å²) in [5.41, 5.74) is 6.27. The average Bonchev–Trinajstić information content (AvgIpc) is 3.00. The number of nitrogens with one attached hydrogen (secondary N) is 1. The summed E-state index contributed by atoms with van der Waals surface area (Å²) < 4.78 is 0. The van der Waals surface area contributed by atoms with E-state index in [9.17, 15) is 5.11 Å². The summed E-state index contributed by atoms with van der Waals surface area (Å²) >= 11 is 0. The van der Waals surface area contributed by atoms with Crippen LogP contribution in [-0.2, 0) is 6.42 Å². The molecule has 3 heteroatoms. The lowest BCUT2D eigenvalue weighted by Crippen LogP contribution is -2.30. The van der Waals surface area contributed by atoms with E-state index >= 15 is 0 Å². The number of pyridine rings is 1. The van der Waals surface area contributed by atoms with Crippen molar-refractivity contribution in [1.29, 1.82) is 0 Å². The number of hydrogen-bond acceptors (Lipinski definition) is 3. The smallest absolute Gasteiger partial charge is 0.0589 e. The van der Waals surface area contributed by atoms with Gasteiger partial charge in [0.25, 0.3) is 0 Å². The first-order chi connectivity index (χ1) is 12.4. The van der Waals surface area contributed by atoms with Gasteiger partial charge in [0, 0.05) is 25.0 Å². The van der Waals surface area contributed by atoms with E-state index in [0.717, 1.165) is 18.7 Å². The van der Waals surface area contributed by atoms with Crippen molar-refractivity contribution in [3.63, 3.8) is 0 Å². The number of benzene rings is 2. The van der Waals surface area contributed by atoms with Gasteiger partial charge in [0.2, 0.25) is 0 Å². The van der Waals surface area contributed by atoms with E-state index in [1.807, 2.05) is 18.2 Å². The van der Waals surface area contributed by atoms with Crippen LogP contribution in [0.4, 0.5) is 0 Å². The maximum atomic E-state index is 9.78. The molecule has 3 nitrogen and oxygen atoms in total. The number of nitrogens with zero attached hydrogens (tertiary/aromatic N) is 1. The zero-order chi connectivity index (χ0) is 17.1. The zero-order valence-corrected chi connectivity index (χ0v) is 14.1. The van der Waals surface area contributed by atoms with Crippen LogP contribution in [0.3, 0.4) is 0 Å². The van der Waals surface area contributed by atoms with Crippen LogP contribution in [0.5, 0.6) is 0 Å². The second-order valence-corrected chi connectivity index (χ2v) is 6.59. The highest BCUT2D eigenvalue weighted by Crippen LogP contribution is 2.42. The molecule has 0 bridgehead atoms. The molecular weight excluding hydrogens is 308 g/mol. The molecule has 0 aliphatic heterocycles. The van der Waals surface area contributed by atoms with Gasteiger partial charge in [-0.3, -0.25) is 4.98 Å². The molecule has 1 aliphatic rings. The highest BCUT2D eigenvalue weighted by Gasteiger charge is 2.28. The Kier molecular flexibility index (Phi) is 4.59. The number of aliphatic hydroxyl groups is 1. The van der Waals surface area contributed by atoms with Crippen LogP contribution in [-0.4, -0.2) is 23.2 Å². The Balaban J connectivity index is 1.52. The molecule has 4 rings (SSSR count). The van der Waals surface area contributed by atoms with Crippen LogP contribution >= 0.6 is 0 Å². The molecule has 2 N–H and O–H groups in total. The molecular formula is C22H22N2O. The van der Waals surface area contributed by atoms with Crippen molar-refractivity contribution in [1.82, 2.24) is 10.3 Å². The Morgan fingerprint density at radius 2 is 1.52 bits per heavy atom. The molecule has 0 saturated carbocycles. The topological polar surface area (TPSA) is 45.1 Å². The molecule has 1 aliphatic carbocycles. The van der Waals surface area contributed by atoms with Gasteiger partial charge in [-0.15, -0.1) is 0 Å². The molecule has 1 unspecified atom stereocenters. The Morgan fingerprint density at radius 1 is 0.880 bits per heavy atom. The monoisotopic (exact) mass is 330 g/mol. The largest absolute Gasteiger partial charge is 0.396 e. The van der Waals surface area contributed by atoms with Crippen molar-refractivity contribution in [3.8, 4) is 11.1 Å². The van der Waals surface area contributed by atoms with Gasteiger partial charge in [-0.1, -0.05) is 54.6 Å². The van der Waals surface area contributed by atoms with E-state index in [1.54, 1.807) is 6.20 Å². The van der Waals surface area contributed by atoms with E-state index in [0.29, 0.717) is 0 Å². The first-order valence-electron chi connectivity index (χ1n) is 8.79. The number of aliphatic hydroxyl groups excluding tert-OH is 1. The van der Waals surface area contributed by atoms with Gasteiger partial charge >= 0.3 is 0 Å². The van der Waals surface area contributed by atoms with E-state index in [1.165, 1.54) is 22.3 Å².